The van der Waals surface area contributed by atoms with E-state index in [9.17, 15) is 28.1 Å². The number of aryl methyl sites for hydroxylation is 1. The fourth-order valence-corrected chi connectivity index (χ4v) is 5.11. The molecular weight excluding hydrogens is 458 g/mol. The van der Waals surface area contributed by atoms with Gasteiger partial charge in [-0.15, -0.1) is 0 Å². The number of fused-ring (bicyclic) bond motifs is 1. The third-order valence-electron chi connectivity index (χ3n) is 4.58. The highest BCUT2D eigenvalue weighted by atomic mass is 32.2. The monoisotopic (exact) mass is 477 g/mol. The number of nitrogens with zero attached hydrogens (tertiary/aromatic N) is 3. The van der Waals surface area contributed by atoms with Crippen molar-refractivity contribution in [2.24, 2.45) is 4.99 Å². The lowest BCUT2D eigenvalue weighted by atomic mass is 10.2. The average Bonchev–Trinajstić information content (AvgIpc) is 3.08. The first-order chi connectivity index (χ1) is 15.1. The van der Waals surface area contributed by atoms with E-state index in [1.165, 1.54) is 42.0 Å². The third kappa shape index (κ3) is 5.26. The number of ether oxygens (including phenoxy) is 1. The molecule has 2 aromatic carbocycles. The Bertz CT molecular complexity index is 1370. The van der Waals surface area contributed by atoms with Crippen molar-refractivity contribution >= 4 is 49.0 Å². The lowest BCUT2D eigenvalue weighted by molar-refractivity contribution is -0.384. The number of non-ortho nitro benzene ring substituents is 1. The molecule has 32 heavy (non-hydrogen) atoms. The minimum absolute atomic E-state index is 0.114. The molecule has 12 heteroatoms. The summed E-state index contributed by atoms with van der Waals surface area (Å²) in [5, 5.41) is 11.1. The first kappa shape index (κ1) is 23.3. The van der Waals surface area contributed by atoms with Crippen LogP contribution in [0.1, 0.15) is 12.0 Å². The number of aromatic nitrogens is 1. The fourth-order valence-electron chi connectivity index (χ4n) is 2.85. The number of sulfone groups is 1. The molecule has 0 atom stereocenters. The third-order valence-corrected chi connectivity index (χ3v) is 7.37. The number of nitro benzene ring substituents is 1. The van der Waals surface area contributed by atoms with Gasteiger partial charge >= 0.3 is 5.97 Å². The van der Waals surface area contributed by atoms with Crippen LogP contribution in [0.15, 0.2) is 52.4 Å². The van der Waals surface area contributed by atoms with E-state index in [1.807, 2.05) is 6.92 Å². The van der Waals surface area contributed by atoms with Gasteiger partial charge in [0.15, 0.2) is 14.6 Å². The number of carbonyl (C=O) groups excluding carboxylic acids is 2. The molecule has 0 unspecified atom stereocenters. The molecular formula is C20H19N3O7S2. The van der Waals surface area contributed by atoms with Crippen molar-refractivity contribution in [2.45, 2.75) is 24.8 Å². The Morgan fingerprint density at radius 3 is 2.50 bits per heavy atom. The zero-order chi connectivity index (χ0) is 23.5. The van der Waals surface area contributed by atoms with E-state index in [1.54, 1.807) is 12.1 Å². The Morgan fingerprint density at radius 1 is 1.19 bits per heavy atom. The maximum absolute atomic E-state index is 12.5. The summed E-state index contributed by atoms with van der Waals surface area (Å²) in [7, 11) is -2.48. The highest BCUT2D eigenvalue weighted by Gasteiger charge is 2.18. The van der Waals surface area contributed by atoms with Crippen LogP contribution >= 0.6 is 11.3 Å². The maximum Gasteiger partial charge on any atom is 0.325 e. The van der Waals surface area contributed by atoms with Crippen LogP contribution < -0.4 is 4.80 Å². The number of carbonyl (C=O) groups is 2. The number of amides is 1. The summed E-state index contributed by atoms with van der Waals surface area (Å²) in [6.07, 6.45) is -0.358. The lowest BCUT2D eigenvalue weighted by Gasteiger charge is -2.04. The van der Waals surface area contributed by atoms with Gasteiger partial charge in [0.05, 0.1) is 32.9 Å². The molecule has 0 aliphatic carbocycles. The number of hydrogen-bond acceptors (Lipinski definition) is 8. The van der Waals surface area contributed by atoms with E-state index < -0.39 is 32.4 Å². The van der Waals surface area contributed by atoms with E-state index >= 15 is 0 Å². The minimum Gasteiger partial charge on any atom is -0.468 e. The highest BCUT2D eigenvalue weighted by molar-refractivity contribution is 7.91. The lowest BCUT2D eigenvalue weighted by Crippen LogP contribution is -2.23. The van der Waals surface area contributed by atoms with Gasteiger partial charge in [0.1, 0.15) is 6.54 Å². The molecule has 1 aromatic heterocycles. The van der Waals surface area contributed by atoms with Crippen molar-refractivity contribution < 1.29 is 27.7 Å². The minimum atomic E-state index is -3.67. The van der Waals surface area contributed by atoms with Crippen LogP contribution in [-0.2, 0) is 30.7 Å². The number of rotatable bonds is 7. The van der Waals surface area contributed by atoms with Crippen LogP contribution in [0.3, 0.4) is 0 Å². The average molecular weight is 478 g/mol. The van der Waals surface area contributed by atoms with E-state index in [4.69, 9.17) is 0 Å². The van der Waals surface area contributed by atoms with Gasteiger partial charge < -0.3 is 9.30 Å². The number of hydrogen-bond donors (Lipinski definition) is 0. The highest BCUT2D eigenvalue weighted by Crippen LogP contribution is 2.23. The zero-order valence-corrected chi connectivity index (χ0v) is 18.8. The van der Waals surface area contributed by atoms with E-state index in [0.29, 0.717) is 10.2 Å². The molecule has 0 aliphatic rings. The Labute approximate surface area is 186 Å². The molecule has 0 saturated carbocycles. The Balaban J connectivity index is 1.92. The van der Waals surface area contributed by atoms with Gasteiger partial charge in [-0.3, -0.25) is 19.7 Å². The van der Waals surface area contributed by atoms with Crippen LogP contribution in [-0.4, -0.2) is 42.6 Å². The zero-order valence-electron chi connectivity index (χ0n) is 17.2. The molecule has 1 heterocycles. The fraction of sp³-hybridized carbons (Fsp3) is 0.250. The van der Waals surface area contributed by atoms with Crippen molar-refractivity contribution in [3.8, 4) is 0 Å². The molecule has 10 nitrogen and oxygen atoms in total. The topological polar surface area (TPSA) is 138 Å². The van der Waals surface area contributed by atoms with Gasteiger partial charge in [0.2, 0.25) is 5.91 Å². The second-order valence-electron chi connectivity index (χ2n) is 6.84. The molecule has 0 radical (unpaired) electrons. The first-order valence-electron chi connectivity index (χ1n) is 9.32. The van der Waals surface area contributed by atoms with Gasteiger partial charge in [0.25, 0.3) is 5.69 Å². The van der Waals surface area contributed by atoms with Crippen molar-refractivity contribution in [2.75, 3.05) is 12.9 Å². The second-order valence-corrected chi connectivity index (χ2v) is 9.96. The van der Waals surface area contributed by atoms with Gasteiger partial charge in [-0.05, 0) is 25.1 Å². The summed E-state index contributed by atoms with van der Waals surface area (Å²) in [4.78, 5) is 39.0. The van der Waals surface area contributed by atoms with Gasteiger partial charge in [-0.1, -0.05) is 29.0 Å². The second kappa shape index (κ2) is 9.40. The number of esters is 1. The quantitative estimate of drug-likeness (QED) is 0.289. The first-order valence-corrected chi connectivity index (χ1v) is 11.8. The van der Waals surface area contributed by atoms with Crippen LogP contribution in [0.2, 0.25) is 0 Å². The van der Waals surface area contributed by atoms with Crippen molar-refractivity contribution in [1.29, 1.82) is 0 Å². The predicted molar refractivity (Wildman–Crippen MR) is 117 cm³/mol. The van der Waals surface area contributed by atoms with Crippen LogP contribution in [0.5, 0.6) is 0 Å². The molecule has 0 N–H and O–H groups in total. The number of benzene rings is 2. The van der Waals surface area contributed by atoms with Crippen LogP contribution in [0, 0.1) is 17.0 Å². The van der Waals surface area contributed by atoms with Gasteiger partial charge in [0, 0.05) is 18.6 Å². The molecule has 3 rings (SSSR count). The molecule has 0 fully saturated rings. The van der Waals surface area contributed by atoms with Gasteiger partial charge in [-0.2, -0.15) is 4.99 Å². The Hall–Kier alpha value is -3.38. The molecule has 0 bridgehead atoms. The molecule has 168 valence electrons. The summed E-state index contributed by atoms with van der Waals surface area (Å²) < 4.78 is 31.5. The molecule has 3 aromatic rings. The SMILES string of the molecule is COC(=O)Cn1c(=NC(=O)CCS(=O)(=O)c2ccc(C)cc2)sc2ccc([N+](=O)[O-])cc21. The summed E-state index contributed by atoms with van der Waals surface area (Å²) in [5.41, 5.74) is 1.07. The van der Waals surface area contributed by atoms with Crippen molar-refractivity contribution in [3.63, 3.8) is 0 Å². The number of nitro groups is 1. The van der Waals surface area contributed by atoms with Crippen molar-refractivity contribution in [3.05, 3.63) is 62.9 Å². The Kier molecular flexibility index (Phi) is 6.84. The largest absolute Gasteiger partial charge is 0.468 e. The summed E-state index contributed by atoms with van der Waals surface area (Å²) in [6, 6.07) is 10.4. The van der Waals surface area contributed by atoms with Gasteiger partial charge in [-0.25, -0.2) is 8.42 Å². The van der Waals surface area contributed by atoms with Crippen LogP contribution in [0.4, 0.5) is 5.69 Å². The molecule has 0 aliphatic heterocycles. The van der Waals surface area contributed by atoms with Crippen molar-refractivity contribution in [1.82, 2.24) is 4.57 Å². The normalized spacial score (nSPS) is 12.1. The summed E-state index contributed by atoms with van der Waals surface area (Å²) in [6.45, 7) is 1.52. The number of methoxy groups -OCH3 is 1. The Morgan fingerprint density at radius 2 is 1.88 bits per heavy atom. The van der Waals surface area contributed by atoms with E-state index in [2.05, 4.69) is 9.73 Å². The van der Waals surface area contributed by atoms with Crippen LogP contribution in [0.25, 0.3) is 10.2 Å². The number of thiazole rings is 1. The predicted octanol–water partition coefficient (Wildman–Crippen LogP) is 2.38. The molecule has 0 spiro atoms. The summed E-state index contributed by atoms with van der Waals surface area (Å²) in [5.74, 6) is -1.75. The van der Waals surface area contributed by atoms with E-state index in [0.717, 1.165) is 16.9 Å². The smallest absolute Gasteiger partial charge is 0.325 e. The maximum atomic E-state index is 12.5. The molecule has 0 saturated heterocycles. The summed E-state index contributed by atoms with van der Waals surface area (Å²) >= 11 is 1.05. The standard InChI is InChI=1S/C20H19N3O7S2/c1-13-3-6-15(7-4-13)32(28,29)10-9-18(24)21-20-22(12-19(25)30-2)16-11-14(23(26)27)5-8-17(16)31-20/h3-8,11H,9-10,12H2,1-2H3. The van der Waals surface area contributed by atoms with E-state index in [-0.39, 0.29) is 28.3 Å². The molecule has 1 amide bonds.